The van der Waals surface area contributed by atoms with Crippen molar-refractivity contribution in [3.8, 4) is 5.69 Å². The van der Waals surface area contributed by atoms with E-state index in [0.29, 0.717) is 16.6 Å². The van der Waals surface area contributed by atoms with Crippen LogP contribution in [0.2, 0.25) is 0 Å². The molecule has 0 radical (unpaired) electrons. The Hall–Kier alpha value is -4.94. The summed E-state index contributed by atoms with van der Waals surface area (Å²) in [5, 5.41) is 1.60. The second-order valence-corrected chi connectivity index (χ2v) is 10.2. The Bertz CT molecular complexity index is 1830. The zero-order valence-corrected chi connectivity index (χ0v) is 22.8. The number of H-pyrrole nitrogens is 1. The van der Waals surface area contributed by atoms with Gasteiger partial charge in [0.15, 0.2) is 5.69 Å². The fraction of sp³-hybridized carbons (Fsp3) is 0.250. The highest BCUT2D eigenvalue weighted by molar-refractivity contribution is 5.90. The molecule has 2 aromatic carbocycles. The minimum absolute atomic E-state index is 0.173. The van der Waals surface area contributed by atoms with Crippen LogP contribution in [-0.4, -0.2) is 65.2 Å². The molecule has 1 fully saturated rings. The summed E-state index contributed by atoms with van der Waals surface area (Å²) in [6.45, 7) is 12.2. The van der Waals surface area contributed by atoms with E-state index in [0.717, 1.165) is 67.8 Å². The molecule has 1 N–H and O–H groups in total. The summed E-state index contributed by atoms with van der Waals surface area (Å²) in [5.74, 6) is -0.533. The van der Waals surface area contributed by atoms with Crippen LogP contribution in [0.3, 0.4) is 0 Å². The van der Waals surface area contributed by atoms with Crippen LogP contribution < -0.4 is 10.5 Å². The van der Waals surface area contributed by atoms with E-state index in [9.17, 15) is 9.59 Å². The molecule has 206 valence electrons. The number of aromatic nitrogens is 3. The van der Waals surface area contributed by atoms with Crippen molar-refractivity contribution >= 4 is 39.1 Å². The Morgan fingerprint density at radius 3 is 2.54 bits per heavy atom. The maximum absolute atomic E-state index is 13.1. The molecule has 3 aromatic heterocycles. The van der Waals surface area contributed by atoms with Gasteiger partial charge in [-0.3, -0.25) is 14.3 Å². The van der Waals surface area contributed by atoms with Gasteiger partial charge in [-0.2, -0.15) is 0 Å². The number of anilines is 1. The highest BCUT2D eigenvalue weighted by atomic mass is 16.5. The number of fused-ring (bicyclic) bond motifs is 2. The summed E-state index contributed by atoms with van der Waals surface area (Å²) in [4.78, 5) is 41.0. The van der Waals surface area contributed by atoms with Crippen LogP contribution in [0.1, 0.15) is 22.5 Å². The minimum Gasteiger partial charge on any atom is -0.464 e. The Morgan fingerprint density at radius 1 is 1.00 bits per heavy atom. The largest absolute Gasteiger partial charge is 0.464 e. The van der Waals surface area contributed by atoms with E-state index >= 15 is 0 Å². The number of pyridine rings is 2. The van der Waals surface area contributed by atoms with Gasteiger partial charge in [-0.25, -0.2) is 14.6 Å². The SMILES string of the molecule is [C-]#[N+]c1ccc2[nH]cc(CCCN3CCN(c4ccc(-n5ccc6nc(C(=O)OC)ccc6c5=O)cc4)CC3)c2c1. The maximum atomic E-state index is 13.1. The number of esters is 1. The molecule has 0 atom stereocenters. The number of piperazine rings is 1. The van der Waals surface area contributed by atoms with Gasteiger partial charge >= 0.3 is 5.97 Å². The van der Waals surface area contributed by atoms with E-state index in [1.54, 1.807) is 22.9 Å². The lowest BCUT2D eigenvalue weighted by Gasteiger charge is -2.36. The number of rotatable bonds is 7. The fourth-order valence-corrected chi connectivity index (χ4v) is 5.54. The second-order valence-electron chi connectivity index (χ2n) is 10.2. The summed E-state index contributed by atoms with van der Waals surface area (Å²) in [7, 11) is 1.30. The molecule has 0 unspecified atom stereocenters. The first kappa shape index (κ1) is 26.3. The Labute approximate surface area is 237 Å². The van der Waals surface area contributed by atoms with Crippen molar-refractivity contribution in [2.75, 3.05) is 44.7 Å². The topological polar surface area (TPSA) is 87.8 Å². The first-order valence-corrected chi connectivity index (χ1v) is 13.7. The van der Waals surface area contributed by atoms with Gasteiger partial charge in [0.25, 0.3) is 5.56 Å². The van der Waals surface area contributed by atoms with Crippen LogP contribution in [-0.2, 0) is 11.2 Å². The highest BCUT2D eigenvalue weighted by Gasteiger charge is 2.18. The first-order chi connectivity index (χ1) is 20.0. The van der Waals surface area contributed by atoms with Gasteiger partial charge in [-0.05, 0) is 84.9 Å². The van der Waals surface area contributed by atoms with Gasteiger partial charge in [0.05, 0.1) is 24.6 Å². The third-order valence-electron chi connectivity index (χ3n) is 7.82. The molecular formula is C32H30N6O3. The van der Waals surface area contributed by atoms with Crippen molar-refractivity contribution in [2.24, 2.45) is 0 Å². The number of methoxy groups -OCH3 is 1. The van der Waals surface area contributed by atoms with Crippen LogP contribution in [0.25, 0.3) is 32.3 Å². The summed E-state index contributed by atoms with van der Waals surface area (Å²) in [6.07, 6.45) is 5.82. The van der Waals surface area contributed by atoms with Crippen LogP contribution in [0, 0.1) is 6.57 Å². The molecule has 6 rings (SSSR count). The molecular weight excluding hydrogens is 516 g/mol. The van der Waals surface area contributed by atoms with Crippen molar-refractivity contribution in [1.82, 2.24) is 19.4 Å². The average molecular weight is 547 g/mol. The molecule has 1 aliphatic rings. The number of aryl methyl sites for hydroxylation is 1. The molecule has 9 heteroatoms. The number of benzene rings is 2. The summed E-state index contributed by atoms with van der Waals surface area (Å²) in [6, 6.07) is 18.7. The van der Waals surface area contributed by atoms with Crippen molar-refractivity contribution in [3.05, 3.63) is 106 Å². The number of ether oxygens (including phenoxy) is 1. The number of carbonyl (C=O) groups excluding carboxylic acids is 1. The summed E-state index contributed by atoms with van der Waals surface area (Å²) in [5.41, 5.74) is 5.40. The molecule has 0 spiro atoms. The molecule has 1 saturated heterocycles. The Kier molecular flexibility index (Phi) is 7.23. The van der Waals surface area contributed by atoms with Gasteiger partial charge in [0, 0.05) is 55.5 Å². The number of aromatic amines is 1. The molecule has 0 amide bonds. The van der Waals surface area contributed by atoms with E-state index in [-0.39, 0.29) is 11.3 Å². The summed E-state index contributed by atoms with van der Waals surface area (Å²) >= 11 is 0. The maximum Gasteiger partial charge on any atom is 0.356 e. The van der Waals surface area contributed by atoms with Crippen LogP contribution in [0.15, 0.2) is 77.9 Å². The predicted octanol–water partition coefficient (Wildman–Crippen LogP) is 4.96. The molecule has 9 nitrogen and oxygen atoms in total. The van der Waals surface area contributed by atoms with E-state index in [4.69, 9.17) is 11.3 Å². The van der Waals surface area contributed by atoms with E-state index in [1.807, 2.05) is 30.3 Å². The molecule has 41 heavy (non-hydrogen) atoms. The fourth-order valence-electron chi connectivity index (χ4n) is 5.54. The van der Waals surface area contributed by atoms with Crippen LogP contribution in [0.5, 0.6) is 0 Å². The number of carbonyl (C=O) groups is 1. The van der Waals surface area contributed by atoms with Crippen molar-refractivity contribution < 1.29 is 9.53 Å². The number of hydrogen-bond acceptors (Lipinski definition) is 6. The van der Waals surface area contributed by atoms with E-state index in [1.165, 1.54) is 18.7 Å². The average Bonchev–Trinajstić information content (AvgIpc) is 3.43. The first-order valence-electron chi connectivity index (χ1n) is 13.7. The quantitative estimate of drug-likeness (QED) is 0.229. The van der Waals surface area contributed by atoms with Crippen molar-refractivity contribution in [3.63, 3.8) is 0 Å². The molecule has 0 aliphatic carbocycles. The standard InChI is InChI=1S/C32H30N6O3/c1-33-23-5-11-28-27(20-23)22(21-34-28)4-3-14-36-16-18-37(19-17-36)24-6-8-25(9-7-24)38-15-13-29-26(31(38)39)10-12-30(35-29)32(40)41-2/h5-13,15,20-21,34H,3-4,14,16-19H2,2H3. The molecule has 1 aliphatic heterocycles. The molecule has 0 bridgehead atoms. The van der Waals surface area contributed by atoms with Crippen molar-refractivity contribution in [1.29, 1.82) is 0 Å². The lowest BCUT2D eigenvalue weighted by molar-refractivity contribution is 0.0594. The van der Waals surface area contributed by atoms with Crippen LogP contribution >= 0.6 is 0 Å². The highest BCUT2D eigenvalue weighted by Crippen LogP contribution is 2.25. The second kappa shape index (κ2) is 11.3. The van der Waals surface area contributed by atoms with Crippen molar-refractivity contribution in [2.45, 2.75) is 12.8 Å². The number of hydrogen-bond donors (Lipinski definition) is 1. The van der Waals surface area contributed by atoms with E-state index < -0.39 is 5.97 Å². The van der Waals surface area contributed by atoms with Gasteiger partial charge in [-0.1, -0.05) is 6.07 Å². The lowest BCUT2D eigenvalue weighted by atomic mass is 10.1. The monoisotopic (exact) mass is 546 g/mol. The van der Waals surface area contributed by atoms with Gasteiger partial charge in [0.2, 0.25) is 0 Å². The Morgan fingerprint density at radius 2 is 1.78 bits per heavy atom. The lowest BCUT2D eigenvalue weighted by Crippen LogP contribution is -2.46. The molecule has 0 saturated carbocycles. The zero-order chi connectivity index (χ0) is 28.3. The van der Waals surface area contributed by atoms with Gasteiger partial charge in [-0.15, -0.1) is 0 Å². The zero-order valence-electron chi connectivity index (χ0n) is 22.8. The van der Waals surface area contributed by atoms with Crippen LogP contribution in [0.4, 0.5) is 11.4 Å². The normalized spacial score (nSPS) is 13.9. The Balaban J connectivity index is 1.05. The smallest absolute Gasteiger partial charge is 0.356 e. The minimum atomic E-state index is -0.533. The number of nitrogens with zero attached hydrogens (tertiary/aromatic N) is 5. The molecule has 5 aromatic rings. The third kappa shape index (κ3) is 5.30. The van der Waals surface area contributed by atoms with Gasteiger partial charge in [0.1, 0.15) is 5.69 Å². The summed E-state index contributed by atoms with van der Waals surface area (Å²) < 4.78 is 6.32. The van der Waals surface area contributed by atoms with Gasteiger partial charge < -0.3 is 14.6 Å². The predicted molar refractivity (Wildman–Crippen MR) is 160 cm³/mol. The third-order valence-corrected chi connectivity index (χ3v) is 7.82. The van der Waals surface area contributed by atoms with E-state index in [2.05, 4.69) is 42.9 Å². The molecule has 4 heterocycles. The number of nitrogens with one attached hydrogen (secondary N) is 1.